The van der Waals surface area contributed by atoms with Gasteiger partial charge in [-0.25, -0.2) is 4.98 Å². The van der Waals surface area contributed by atoms with E-state index >= 15 is 0 Å². The second-order valence-corrected chi connectivity index (χ2v) is 5.46. The molecule has 3 aromatic heterocycles. The number of rotatable bonds is 4. The molecular formula is C13H13BrN6. The maximum Gasteiger partial charge on any atom is 0.137 e. The topological polar surface area (TPSA) is 68.5 Å². The van der Waals surface area contributed by atoms with Crippen LogP contribution < -0.4 is 5.32 Å². The van der Waals surface area contributed by atoms with Gasteiger partial charge in [0.15, 0.2) is 0 Å². The van der Waals surface area contributed by atoms with Gasteiger partial charge < -0.3 is 5.32 Å². The van der Waals surface area contributed by atoms with E-state index in [4.69, 9.17) is 0 Å². The Labute approximate surface area is 124 Å². The van der Waals surface area contributed by atoms with Gasteiger partial charge in [-0.05, 0) is 35.0 Å². The van der Waals surface area contributed by atoms with Gasteiger partial charge in [0.1, 0.15) is 18.2 Å². The van der Waals surface area contributed by atoms with Gasteiger partial charge in [-0.1, -0.05) is 0 Å². The molecule has 0 amide bonds. The van der Waals surface area contributed by atoms with Gasteiger partial charge >= 0.3 is 0 Å². The lowest BCUT2D eigenvalue weighted by atomic mass is 10.2. The Morgan fingerprint density at radius 1 is 1.40 bits per heavy atom. The predicted molar refractivity (Wildman–Crippen MR) is 80.3 cm³/mol. The number of nitrogens with one attached hydrogen (secondary N) is 1. The Bertz CT molecular complexity index is 712. The second-order valence-electron chi connectivity index (χ2n) is 4.54. The number of halogens is 1. The van der Waals surface area contributed by atoms with Gasteiger partial charge in [0.2, 0.25) is 0 Å². The van der Waals surface area contributed by atoms with Crippen LogP contribution in [0.15, 0.2) is 41.7 Å². The van der Waals surface area contributed by atoms with Crippen molar-refractivity contribution < 1.29 is 0 Å². The Morgan fingerprint density at radius 3 is 3.10 bits per heavy atom. The van der Waals surface area contributed by atoms with Crippen molar-refractivity contribution in [3.63, 3.8) is 0 Å². The van der Waals surface area contributed by atoms with Crippen molar-refractivity contribution in [1.29, 1.82) is 0 Å². The van der Waals surface area contributed by atoms with Crippen LogP contribution in [0.1, 0.15) is 6.92 Å². The zero-order valence-corrected chi connectivity index (χ0v) is 12.4. The summed E-state index contributed by atoms with van der Waals surface area (Å²) in [7, 11) is 0. The number of fused-ring (bicyclic) bond motifs is 1. The van der Waals surface area contributed by atoms with Crippen LogP contribution in [0.2, 0.25) is 0 Å². The molecule has 1 atom stereocenters. The number of aromatic nitrogens is 5. The fourth-order valence-electron chi connectivity index (χ4n) is 2.04. The minimum absolute atomic E-state index is 0.202. The Hall–Kier alpha value is -2.02. The lowest BCUT2D eigenvalue weighted by Gasteiger charge is -2.16. The summed E-state index contributed by atoms with van der Waals surface area (Å²) in [6.07, 6.45) is 6.80. The lowest BCUT2D eigenvalue weighted by Crippen LogP contribution is -2.22. The highest BCUT2D eigenvalue weighted by Crippen LogP contribution is 2.22. The summed E-state index contributed by atoms with van der Waals surface area (Å²) in [4.78, 5) is 12.7. The molecule has 0 aromatic carbocycles. The van der Waals surface area contributed by atoms with Gasteiger partial charge in [0.05, 0.1) is 17.7 Å². The summed E-state index contributed by atoms with van der Waals surface area (Å²) >= 11 is 3.41. The van der Waals surface area contributed by atoms with Crippen LogP contribution in [-0.4, -0.2) is 30.8 Å². The zero-order chi connectivity index (χ0) is 13.9. The maximum atomic E-state index is 4.42. The van der Waals surface area contributed by atoms with Crippen LogP contribution in [0, 0.1) is 0 Å². The molecular weight excluding hydrogens is 320 g/mol. The molecule has 0 aliphatic carbocycles. The lowest BCUT2D eigenvalue weighted by molar-refractivity contribution is 0.560. The van der Waals surface area contributed by atoms with Crippen LogP contribution >= 0.6 is 15.9 Å². The summed E-state index contributed by atoms with van der Waals surface area (Å²) < 4.78 is 2.72. The van der Waals surface area contributed by atoms with Crippen molar-refractivity contribution in [3.05, 3.63) is 41.7 Å². The van der Waals surface area contributed by atoms with Crippen molar-refractivity contribution >= 4 is 32.7 Å². The molecule has 0 spiro atoms. The molecule has 0 aliphatic rings. The fraction of sp³-hybridized carbons (Fsp3) is 0.231. The number of pyridine rings is 2. The highest BCUT2D eigenvalue weighted by atomic mass is 79.9. The molecule has 0 saturated heterocycles. The molecule has 3 aromatic rings. The highest BCUT2D eigenvalue weighted by Gasteiger charge is 2.08. The summed E-state index contributed by atoms with van der Waals surface area (Å²) in [5.41, 5.74) is 2.69. The average molecular weight is 333 g/mol. The third-order valence-electron chi connectivity index (χ3n) is 2.87. The van der Waals surface area contributed by atoms with E-state index in [2.05, 4.69) is 48.2 Å². The molecule has 102 valence electrons. The number of hydrogen-bond acceptors (Lipinski definition) is 5. The van der Waals surface area contributed by atoms with E-state index in [1.54, 1.807) is 23.4 Å². The Morgan fingerprint density at radius 2 is 2.30 bits per heavy atom. The van der Waals surface area contributed by atoms with E-state index in [0.29, 0.717) is 0 Å². The third kappa shape index (κ3) is 2.77. The predicted octanol–water partition coefficient (Wildman–Crippen LogP) is 2.48. The Balaban J connectivity index is 1.83. The van der Waals surface area contributed by atoms with E-state index in [1.165, 1.54) is 6.33 Å². The van der Waals surface area contributed by atoms with Gasteiger partial charge in [0, 0.05) is 22.9 Å². The first-order valence-electron chi connectivity index (χ1n) is 6.21. The van der Waals surface area contributed by atoms with Crippen molar-refractivity contribution in [2.24, 2.45) is 0 Å². The van der Waals surface area contributed by atoms with Gasteiger partial charge in [-0.2, -0.15) is 5.10 Å². The molecule has 7 heteroatoms. The highest BCUT2D eigenvalue weighted by molar-refractivity contribution is 9.10. The Kier molecular flexibility index (Phi) is 3.60. The van der Waals surface area contributed by atoms with Crippen LogP contribution in [0.4, 0.5) is 5.69 Å². The first-order chi connectivity index (χ1) is 9.72. The first-order valence-corrected chi connectivity index (χ1v) is 7.01. The quantitative estimate of drug-likeness (QED) is 0.794. The molecule has 0 saturated carbocycles. The molecule has 0 fully saturated rings. The van der Waals surface area contributed by atoms with Gasteiger partial charge in [-0.15, -0.1) is 0 Å². The van der Waals surface area contributed by atoms with E-state index in [-0.39, 0.29) is 6.04 Å². The van der Waals surface area contributed by atoms with E-state index in [1.807, 2.05) is 12.1 Å². The number of hydrogen-bond donors (Lipinski definition) is 1. The molecule has 1 N–H and O–H groups in total. The third-order valence-corrected chi connectivity index (χ3v) is 3.31. The largest absolute Gasteiger partial charge is 0.379 e. The van der Waals surface area contributed by atoms with Crippen molar-refractivity contribution in [1.82, 2.24) is 24.7 Å². The van der Waals surface area contributed by atoms with E-state index < -0.39 is 0 Å². The summed E-state index contributed by atoms with van der Waals surface area (Å²) in [6.45, 7) is 2.83. The molecule has 0 aliphatic heterocycles. The van der Waals surface area contributed by atoms with E-state index in [0.717, 1.165) is 27.7 Å². The summed E-state index contributed by atoms with van der Waals surface area (Å²) in [5.74, 6) is 0. The standard InChI is InChI=1S/C13H13BrN6/c1-9(6-20-8-15-7-18-20)19-11-2-3-16-12-4-10(14)5-17-13(11)12/h2-5,7-9H,6H2,1H3,(H,16,19)/t9-/m0/s1. The zero-order valence-electron chi connectivity index (χ0n) is 10.9. The molecule has 3 heterocycles. The number of anilines is 1. The maximum absolute atomic E-state index is 4.42. The minimum Gasteiger partial charge on any atom is -0.379 e. The molecule has 0 unspecified atom stereocenters. The molecule has 0 bridgehead atoms. The first kappa shape index (κ1) is 13.0. The monoisotopic (exact) mass is 332 g/mol. The minimum atomic E-state index is 0.202. The van der Waals surface area contributed by atoms with Crippen molar-refractivity contribution in [2.45, 2.75) is 19.5 Å². The molecule has 3 rings (SSSR count). The summed E-state index contributed by atoms with van der Waals surface area (Å²) in [5, 5.41) is 7.54. The smallest absolute Gasteiger partial charge is 0.137 e. The van der Waals surface area contributed by atoms with Crippen LogP contribution in [0.25, 0.3) is 11.0 Å². The number of nitrogens with zero attached hydrogens (tertiary/aromatic N) is 5. The van der Waals surface area contributed by atoms with Gasteiger partial charge in [-0.3, -0.25) is 14.6 Å². The second kappa shape index (κ2) is 5.54. The van der Waals surface area contributed by atoms with Crippen molar-refractivity contribution in [2.75, 3.05) is 5.32 Å². The van der Waals surface area contributed by atoms with E-state index in [9.17, 15) is 0 Å². The SMILES string of the molecule is C[C@@H](Cn1cncn1)Nc1ccnc2cc(Br)cnc12. The van der Waals surface area contributed by atoms with Crippen molar-refractivity contribution in [3.8, 4) is 0 Å². The molecule has 0 radical (unpaired) electrons. The molecule has 20 heavy (non-hydrogen) atoms. The van der Waals surface area contributed by atoms with Crippen LogP contribution in [0.3, 0.4) is 0 Å². The summed E-state index contributed by atoms with van der Waals surface area (Å²) in [6, 6.07) is 4.09. The van der Waals surface area contributed by atoms with Crippen LogP contribution in [0.5, 0.6) is 0 Å². The normalized spacial score (nSPS) is 12.5. The van der Waals surface area contributed by atoms with Gasteiger partial charge in [0.25, 0.3) is 0 Å². The molecule has 6 nitrogen and oxygen atoms in total. The van der Waals surface area contributed by atoms with Crippen LogP contribution in [-0.2, 0) is 6.54 Å². The average Bonchev–Trinajstić information content (AvgIpc) is 2.91. The fourth-order valence-corrected chi connectivity index (χ4v) is 2.36.